The molecule has 0 aliphatic carbocycles. The monoisotopic (exact) mass is 370 g/mol. The summed E-state index contributed by atoms with van der Waals surface area (Å²) in [5.41, 5.74) is -0.0300. The van der Waals surface area contributed by atoms with Gasteiger partial charge in [0.1, 0.15) is 5.82 Å². The van der Waals surface area contributed by atoms with Crippen molar-refractivity contribution in [3.8, 4) is 0 Å². The van der Waals surface area contributed by atoms with Crippen molar-refractivity contribution in [1.82, 2.24) is 9.80 Å². The van der Waals surface area contributed by atoms with E-state index >= 15 is 0 Å². The lowest BCUT2D eigenvalue weighted by molar-refractivity contribution is 0.0139. The zero-order valence-electron chi connectivity index (χ0n) is 14.3. The van der Waals surface area contributed by atoms with Crippen LogP contribution in [0, 0.1) is 5.82 Å². The molecule has 25 heavy (non-hydrogen) atoms. The lowest BCUT2D eigenvalue weighted by atomic mass is 10.0. The van der Waals surface area contributed by atoms with Gasteiger partial charge in [0.2, 0.25) is 0 Å². The Hall–Kier alpha value is -1.21. The Morgan fingerprint density at radius 3 is 2.56 bits per heavy atom. The maximum atomic E-state index is 14.2. The van der Waals surface area contributed by atoms with E-state index < -0.39 is 5.82 Å². The van der Waals surface area contributed by atoms with Gasteiger partial charge in [0, 0.05) is 45.4 Å². The van der Waals surface area contributed by atoms with Gasteiger partial charge in [-0.05, 0) is 25.0 Å². The van der Waals surface area contributed by atoms with Gasteiger partial charge in [-0.15, -0.1) is 0 Å². The summed E-state index contributed by atoms with van der Waals surface area (Å²) < 4.78 is 25.0. The third-order valence-electron chi connectivity index (χ3n) is 4.83. The number of hydrogen-bond donors (Lipinski definition) is 0. The first kappa shape index (κ1) is 18.6. The molecule has 0 saturated carbocycles. The molecule has 0 radical (unpaired) electrons. The van der Waals surface area contributed by atoms with Crippen molar-refractivity contribution in [2.75, 3.05) is 52.6 Å². The van der Waals surface area contributed by atoms with E-state index in [2.05, 4.69) is 4.90 Å². The summed E-state index contributed by atoms with van der Waals surface area (Å²) in [6, 6.07) is 4.41. The molecule has 2 heterocycles. The molecule has 0 N–H and O–H groups in total. The lowest BCUT2D eigenvalue weighted by Gasteiger charge is -2.36. The SMILES string of the molecule is O=C(c1c(F)cccc1Cl)N(CCN1CCOCC1)C1CCOCC1. The Balaban J connectivity index is 1.76. The number of morpholine rings is 1. The molecular weight excluding hydrogens is 347 g/mol. The molecule has 1 aromatic rings. The number of nitrogens with zero attached hydrogens (tertiary/aromatic N) is 2. The highest BCUT2D eigenvalue weighted by molar-refractivity contribution is 6.33. The topological polar surface area (TPSA) is 42.0 Å². The molecule has 1 aromatic carbocycles. The largest absolute Gasteiger partial charge is 0.381 e. The molecule has 2 saturated heterocycles. The van der Waals surface area contributed by atoms with Crippen LogP contribution in [0.1, 0.15) is 23.2 Å². The van der Waals surface area contributed by atoms with E-state index in [1.54, 1.807) is 11.0 Å². The van der Waals surface area contributed by atoms with Crippen LogP contribution in [0.25, 0.3) is 0 Å². The second kappa shape index (κ2) is 8.94. The van der Waals surface area contributed by atoms with Crippen LogP contribution >= 0.6 is 11.6 Å². The number of benzene rings is 1. The number of amides is 1. The average Bonchev–Trinajstić information content (AvgIpc) is 2.63. The van der Waals surface area contributed by atoms with Crippen molar-refractivity contribution < 1.29 is 18.7 Å². The summed E-state index contributed by atoms with van der Waals surface area (Å²) >= 11 is 6.12. The predicted octanol–water partition coefficient (Wildman–Crippen LogP) is 2.43. The number of carbonyl (C=O) groups excluding carboxylic acids is 1. The van der Waals surface area contributed by atoms with Crippen LogP contribution in [0.2, 0.25) is 5.02 Å². The van der Waals surface area contributed by atoms with Gasteiger partial charge >= 0.3 is 0 Å². The van der Waals surface area contributed by atoms with Crippen molar-refractivity contribution in [3.63, 3.8) is 0 Å². The van der Waals surface area contributed by atoms with Gasteiger partial charge in [-0.2, -0.15) is 0 Å². The Labute approximate surface area is 152 Å². The van der Waals surface area contributed by atoms with E-state index in [9.17, 15) is 9.18 Å². The van der Waals surface area contributed by atoms with Crippen LogP contribution in [0.3, 0.4) is 0 Å². The Morgan fingerprint density at radius 2 is 1.88 bits per heavy atom. The summed E-state index contributed by atoms with van der Waals surface area (Å²) in [6.45, 7) is 5.68. The van der Waals surface area contributed by atoms with Crippen molar-refractivity contribution in [1.29, 1.82) is 0 Å². The van der Waals surface area contributed by atoms with E-state index in [0.717, 1.165) is 32.5 Å². The fourth-order valence-electron chi connectivity index (χ4n) is 3.37. The van der Waals surface area contributed by atoms with E-state index in [4.69, 9.17) is 21.1 Å². The highest BCUT2D eigenvalue weighted by atomic mass is 35.5. The number of rotatable bonds is 5. The van der Waals surface area contributed by atoms with Crippen LogP contribution in [0.5, 0.6) is 0 Å². The quantitative estimate of drug-likeness (QED) is 0.798. The third kappa shape index (κ3) is 4.70. The number of ether oxygens (including phenoxy) is 2. The zero-order valence-corrected chi connectivity index (χ0v) is 15.0. The first-order chi connectivity index (χ1) is 12.2. The maximum absolute atomic E-state index is 14.2. The van der Waals surface area contributed by atoms with Crippen molar-refractivity contribution in [3.05, 3.63) is 34.6 Å². The normalized spacial score (nSPS) is 19.8. The van der Waals surface area contributed by atoms with E-state index in [1.165, 1.54) is 12.1 Å². The fraction of sp³-hybridized carbons (Fsp3) is 0.611. The number of hydrogen-bond acceptors (Lipinski definition) is 4. The highest BCUT2D eigenvalue weighted by Crippen LogP contribution is 2.24. The van der Waals surface area contributed by atoms with Crippen molar-refractivity contribution in [2.24, 2.45) is 0 Å². The molecule has 7 heteroatoms. The van der Waals surface area contributed by atoms with Crippen LogP contribution in [-0.2, 0) is 9.47 Å². The van der Waals surface area contributed by atoms with Gasteiger partial charge in [-0.1, -0.05) is 17.7 Å². The lowest BCUT2D eigenvalue weighted by Crippen LogP contribution is -2.48. The maximum Gasteiger partial charge on any atom is 0.258 e. The summed E-state index contributed by atoms with van der Waals surface area (Å²) in [6.07, 6.45) is 1.53. The molecule has 138 valence electrons. The molecule has 5 nitrogen and oxygen atoms in total. The van der Waals surface area contributed by atoms with E-state index in [1.807, 2.05) is 0 Å². The summed E-state index contributed by atoms with van der Waals surface area (Å²) in [7, 11) is 0. The summed E-state index contributed by atoms with van der Waals surface area (Å²) in [4.78, 5) is 17.1. The minimum absolute atomic E-state index is 0.0300. The average molecular weight is 371 g/mol. The summed E-state index contributed by atoms with van der Waals surface area (Å²) in [5, 5.41) is 0.161. The minimum Gasteiger partial charge on any atom is -0.381 e. The second-order valence-corrected chi connectivity index (χ2v) is 6.80. The zero-order chi connectivity index (χ0) is 17.6. The van der Waals surface area contributed by atoms with Gasteiger partial charge in [0.05, 0.1) is 23.8 Å². The molecule has 0 unspecified atom stereocenters. The third-order valence-corrected chi connectivity index (χ3v) is 5.14. The minimum atomic E-state index is -0.569. The van der Waals surface area contributed by atoms with Crippen LogP contribution in [0.15, 0.2) is 18.2 Å². The predicted molar refractivity (Wildman–Crippen MR) is 93.5 cm³/mol. The Kier molecular flexibility index (Phi) is 6.64. The second-order valence-electron chi connectivity index (χ2n) is 6.39. The molecule has 2 aliphatic heterocycles. The number of halogens is 2. The van der Waals surface area contributed by atoms with E-state index in [-0.39, 0.29) is 22.5 Å². The van der Waals surface area contributed by atoms with Gasteiger partial charge < -0.3 is 14.4 Å². The molecule has 0 aromatic heterocycles. The molecule has 0 atom stereocenters. The standard InChI is InChI=1S/C18H24ClFN2O3/c19-15-2-1-3-16(20)17(15)18(23)22(14-4-10-24-11-5-14)7-6-21-8-12-25-13-9-21/h1-3,14H,4-13H2. The van der Waals surface area contributed by atoms with Crippen molar-refractivity contribution >= 4 is 17.5 Å². The Morgan fingerprint density at radius 1 is 1.20 bits per heavy atom. The molecule has 2 aliphatic rings. The molecule has 1 amide bonds. The fourth-order valence-corrected chi connectivity index (χ4v) is 3.61. The molecule has 2 fully saturated rings. The van der Waals surface area contributed by atoms with Crippen LogP contribution in [-0.4, -0.2) is 74.4 Å². The van der Waals surface area contributed by atoms with Gasteiger partial charge in [0.25, 0.3) is 5.91 Å². The van der Waals surface area contributed by atoms with Crippen LogP contribution < -0.4 is 0 Å². The molecule has 0 spiro atoms. The molecular formula is C18H24ClFN2O3. The molecule has 3 rings (SSSR count). The smallest absolute Gasteiger partial charge is 0.258 e. The highest BCUT2D eigenvalue weighted by Gasteiger charge is 2.30. The van der Waals surface area contributed by atoms with Crippen LogP contribution in [0.4, 0.5) is 4.39 Å². The number of carbonyl (C=O) groups is 1. The van der Waals surface area contributed by atoms with Gasteiger partial charge in [0.15, 0.2) is 0 Å². The van der Waals surface area contributed by atoms with Crippen molar-refractivity contribution in [2.45, 2.75) is 18.9 Å². The Bertz CT molecular complexity index is 569. The van der Waals surface area contributed by atoms with Gasteiger partial charge in [-0.25, -0.2) is 4.39 Å². The van der Waals surface area contributed by atoms with E-state index in [0.29, 0.717) is 33.0 Å². The van der Waals surface area contributed by atoms with Gasteiger partial charge in [-0.3, -0.25) is 9.69 Å². The molecule has 0 bridgehead atoms. The first-order valence-electron chi connectivity index (χ1n) is 8.79. The summed E-state index contributed by atoms with van der Waals surface area (Å²) in [5.74, 6) is -0.899. The first-order valence-corrected chi connectivity index (χ1v) is 9.17.